The molecule has 3 heterocycles. The van der Waals surface area contributed by atoms with Crippen LogP contribution in [0.15, 0.2) is 29.9 Å². The van der Waals surface area contributed by atoms with Gasteiger partial charge < -0.3 is 9.88 Å². The molecule has 0 atom stereocenters. The maximum absolute atomic E-state index is 12.7. The molecule has 6 nitrogen and oxygen atoms in total. The van der Waals surface area contributed by atoms with Gasteiger partial charge in [-0.25, -0.2) is 9.97 Å². The van der Waals surface area contributed by atoms with E-state index in [-0.39, 0.29) is 20.1 Å². The first-order chi connectivity index (χ1) is 12.4. The molecule has 1 N–H and O–H groups in total. The molecule has 3 aromatic rings. The zero-order chi connectivity index (χ0) is 18.7. The smallest absolute Gasteiger partial charge is 0.346 e. The summed E-state index contributed by atoms with van der Waals surface area (Å²) >= 11 is 1.16. The average molecular weight is 381 g/mol. The van der Waals surface area contributed by atoms with Crippen molar-refractivity contribution in [1.82, 2.24) is 19.9 Å². The summed E-state index contributed by atoms with van der Waals surface area (Å²) in [6, 6.07) is 5.29. The van der Waals surface area contributed by atoms with Gasteiger partial charge in [0.05, 0.1) is 12.5 Å². The highest BCUT2D eigenvalue weighted by Crippen LogP contribution is 2.30. The molecule has 0 aliphatic rings. The van der Waals surface area contributed by atoms with Gasteiger partial charge in [0.1, 0.15) is 22.9 Å². The van der Waals surface area contributed by atoms with E-state index in [0.717, 1.165) is 22.3 Å². The van der Waals surface area contributed by atoms with Crippen molar-refractivity contribution in [2.24, 2.45) is 0 Å². The van der Waals surface area contributed by atoms with Crippen LogP contribution in [0.4, 0.5) is 13.2 Å². The highest BCUT2D eigenvalue weighted by atomic mass is 32.1. The van der Waals surface area contributed by atoms with Gasteiger partial charge in [0.15, 0.2) is 0 Å². The fourth-order valence-electron chi connectivity index (χ4n) is 2.46. The van der Waals surface area contributed by atoms with E-state index in [4.69, 9.17) is 5.26 Å². The Morgan fingerprint density at radius 2 is 2.23 bits per heavy atom. The van der Waals surface area contributed by atoms with Gasteiger partial charge >= 0.3 is 6.18 Å². The monoisotopic (exact) mass is 381 g/mol. The van der Waals surface area contributed by atoms with Crippen LogP contribution in [0.5, 0.6) is 0 Å². The van der Waals surface area contributed by atoms with Crippen LogP contribution >= 0.6 is 11.3 Å². The zero-order valence-corrected chi connectivity index (χ0v) is 14.1. The number of amides is 1. The summed E-state index contributed by atoms with van der Waals surface area (Å²) in [4.78, 5) is 24.4. The van der Waals surface area contributed by atoms with E-state index in [0.29, 0.717) is 15.6 Å². The first-order valence-corrected chi connectivity index (χ1v) is 8.38. The second-order valence-corrected chi connectivity index (χ2v) is 6.24. The quantitative estimate of drug-likeness (QED) is 0.727. The summed E-state index contributed by atoms with van der Waals surface area (Å²) in [6.45, 7) is -1.73. The van der Waals surface area contributed by atoms with Crippen LogP contribution < -0.4 is 0 Å². The molecular formula is C16H14F3N5OS. The molecule has 0 unspecified atom stereocenters. The first kappa shape index (κ1) is 17.9. The van der Waals surface area contributed by atoms with Gasteiger partial charge in [0.2, 0.25) is 0 Å². The number of rotatable bonds is 5. The Morgan fingerprint density at radius 1 is 1.42 bits per heavy atom. The van der Waals surface area contributed by atoms with Gasteiger partial charge in [0, 0.05) is 36.7 Å². The Hall–Kier alpha value is -2.93. The summed E-state index contributed by atoms with van der Waals surface area (Å²) < 4.78 is 38.1. The van der Waals surface area contributed by atoms with Gasteiger partial charge in [-0.2, -0.15) is 18.4 Å². The van der Waals surface area contributed by atoms with Gasteiger partial charge in [-0.05, 0) is 12.1 Å². The van der Waals surface area contributed by atoms with Crippen LogP contribution in [0.3, 0.4) is 0 Å². The topological polar surface area (TPSA) is 85.7 Å². The Kier molecular flexibility index (Phi) is 4.90. The lowest BCUT2D eigenvalue weighted by Crippen LogP contribution is -2.39. The third kappa shape index (κ3) is 3.83. The third-order valence-corrected chi connectivity index (χ3v) is 4.44. The lowest BCUT2D eigenvalue weighted by molar-refractivity contribution is -0.140. The molecule has 0 aromatic carbocycles. The number of nitrogens with one attached hydrogen (secondary N) is 1. The average Bonchev–Trinajstić information content (AvgIpc) is 3.25. The number of fused-ring (bicyclic) bond motifs is 1. The van der Waals surface area contributed by atoms with Crippen molar-refractivity contribution in [3.63, 3.8) is 0 Å². The minimum Gasteiger partial charge on any atom is -0.346 e. The van der Waals surface area contributed by atoms with Crippen LogP contribution in [0.25, 0.3) is 21.6 Å². The third-order valence-electron chi connectivity index (χ3n) is 3.56. The summed E-state index contributed by atoms with van der Waals surface area (Å²) in [5.74, 6) is -0.848. The summed E-state index contributed by atoms with van der Waals surface area (Å²) in [5.41, 5.74) is 1.31. The van der Waals surface area contributed by atoms with Crippen molar-refractivity contribution < 1.29 is 19.4 Å². The van der Waals surface area contributed by atoms with E-state index in [1.807, 2.05) is 6.07 Å². The summed E-state index contributed by atoms with van der Waals surface area (Å²) in [5, 5.41) is 11.3. The van der Waals surface area contributed by atoms with Crippen LogP contribution in [0, 0.1) is 11.3 Å². The second-order valence-electron chi connectivity index (χ2n) is 5.39. The van der Waals surface area contributed by atoms with Crippen LogP contribution in [0.2, 0.25) is 0 Å². The number of aromatic nitrogens is 3. The van der Waals surface area contributed by atoms with E-state index >= 15 is 0 Å². The SMILES string of the molecule is N#CCCN(CC(F)(F)F)C(=O)c1csc(-c2ccnc3[nH]ccc23)n1.[HH]. The molecule has 0 radical (unpaired) electrons. The van der Waals surface area contributed by atoms with E-state index < -0.39 is 18.6 Å². The zero-order valence-electron chi connectivity index (χ0n) is 13.2. The van der Waals surface area contributed by atoms with Crippen LogP contribution in [0.1, 0.15) is 18.3 Å². The van der Waals surface area contributed by atoms with E-state index in [1.165, 1.54) is 5.38 Å². The number of hydrogen-bond donors (Lipinski definition) is 1. The molecule has 0 aliphatic heterocycles. The Balaban J connectivity index is 0.00000261. The second kappa shape index (κ2) is 7.13. The first-order valence-electron chi connectivity index (χ1n) is 7.50. The number of carbonyl (C=O) groups excluding carboxylic acids is 1. The fraction of sp³-hybridized carbons (Fsp3) is 0.250. The number of hydrogen-bond acceptors (Lipinski definition) is 5. The van der Waals surface area contributed by atoms with Crippen molar-refractivity contribution in [2.45, 2.75) is 12.6 Å². The van der Waals surface area contributed by atoms with Crippen molar-refractivity contribution in [3.05, 3.63) is 35.6 Å². The van der Waals surface area contributed by atoms with Gasteiger partial charge in [-0.15, -0.1) is 11.3 Å². The Bertz CT molecular complexity index is 978. The number of pyridine rings is 1. The normalized spacial score (nSPS) is 11.5. The molecule has 0 fully saturated rings. The Morgan fingerprint density at radius 3 is 2.96 bits per heavy atom. The molecule has 0 saturated heterocycles. The number of H-pyrrole nitrogens is 1. The molecule has 10 heteroatoms. The largest absolute Gasteiger partial charge is 0.406 e. The molecule has 0 aliphatic carbocycles. The number of nitriles is 1. The number of aromatic amines is 1. The molecule has 26 heavy (non-hydrogen) atoms. The maximum atomic E-state index is 12.7. The van der Waals surface area contributed by atoms with Gasteiger partial charge in [-0.3, -0.25) is 4.79 Å². The highest BCUT2D eigenvalue weighted by molar-refractivity contribution is 7.13. The standard InChI is InChI=1S/C16H12F3N5OS.H2/c17-16(18,19)9-24(7-1-4-20)15(25)12-8-26-14(23-12)11-3-6-22-13-10(11)2-5-21-13;/h2-3,5-6,8H,1,7,9H2,(H,21,22);1H. The lowest BCUT2D eigenvalue weighted by atomic mass is 10.2. The van der Waals surface area contributed by atoms with Crippen LogP contribution in [-0.2, 0) is 0 Å². The van der Waals surface area contributed by atoms with E-state index in [9.17, 15) is 18.0 Å². The predicted octanol–water partition coefficient (Wildman–Crippen LogP) is 3.85. The lowest BCUT2D eigenvalue weighted by Gasteiger charge is -2.21. The number of carbonyl (C=O) groups is 1. The van der Waals surface area contributed by atoms with Gasteiger partial charge in [0.25, 0.3) is 5.91 Å². The van der Waals surface area contributed by atoms with Crippen molar-refractivity contribution in [1.29, 1.82) is 5.26 Å². The van der Waals surface area contributed by atoms with Crippen molar-refractivity contribution >= 4 is 28.3 Å². The maximum Gasteiger partial charge on any atom is 0.406 e. The molecule has 3 aromatic heterocycles. The molecule has 0 saturated carbocycles. The summed E-state index contributed by atoms with van der Waals surface area (Å²) in [6.07, 6.45) is -1.44. The molecule has 136 valence electrons. The number of alkyl halides is 3. The molecule has 1 amide bonds. The Labute approximate surface area is 151 Å². The number of thiazole rings is 1. The molecular weight excluding hydrogens is 367 g/mol. The van der Waals surface area contributed by atoms with Crippen molar-refractivity contribution in [2.75, 3.05) is 13.1 Å². The number of halogens is 3. The molecule has 0 spiro atoms. The molecule has 3 rings (SSSR count). The van der Waals surface area contributed by atoms with Gasteiger partial charge in [-0.1, -0.05) is 0 Å². The highest BCUT2D eigenvalue weighted by Gasteiger charge is 2.34. The van der Waals surface area contributed by atoms with Crippen molar-refractivity contribution in [3.8, 4) is 16.6 Å². The van der Waals surface area contributed by atoms with E-state index in [2.05, 4.69) is 15.0 Å². The predicted molar refractivity (Wildman–Crippen MR) is 91.5 cm³/mol. The summed E-state index contributed by atoms with van der Waals surface area (Å²) in [7, 11) is 0. The van der Waals surface area contributed by atoms with E-state index in [1.54, 1.807) is 24.5 Å². The minimum absolute atomic E-state index is 0. The fourth-order valence-corrected chi connectivity index (χ4v) is 3.29. The molecule has 0 bridgehead atoms. The van der Waals surface area contributed by atoms with Crippen LogP contribution in [-0.4, -0.2) is 45.0 Å². The number of nitrogens with zero attached hydrogens (tertiary/aromatic N) is 4. The minimum atomic E-state index is -4.55.